The molecular formula is C24H32N2O7S. The molecule has 9 nitrogen and oxygen atoms in total. The molecular weight excluding hydrogens is 460 g/mol. The van der Waals surface area contributed by atoms with E-state index in [1.807, 2.05) is 19.9 Å². The van der Waals surface area contributed by atoms with Crippen molar-refractivity contribution in [2.45, 2.75) is 56.6 Å². The fraction of sp³-hybridized carbons (Fsp3) is 0.458. The number of rotatable bonds is 11. The molecule has 0 aliphatic carbocycles. The van der Waals surface area contributed by atoms with E-state index in [-0.39, 0.29) is 16.6 Å². The predicted octanol–water partition coefficient (Wildman–Crippen LogP) is 2.95. The average molecular weight is 493 g/mol. The smallest absolute Gasteiger partial charge is 0.241 e. The molecule has 186 valence electrons. The summed E-state index contributed by atoms with van der Waals surface area (Å²) >= 11 is 0. The van der Waals surface area contributed by atoms with Crippen LogP contribution in [0.5, 0.6) is 17.2 Å². The number of amides is 1. The summed E-state index contributed by atoms with van der Waals surface area (Å²) in [5.41, 5.74) is 7.67. The maximum absolute atomic E-state index is 12.2. The van der Waals surface area contributed by atoms with Gasteiger partial charge in [-0.05, 0) is 49.4 Å². The van der Waals surface area contributed by atoms with Crippen LogP contribution < -0.4 is 25.3 Å². The van der Waals surface area contributed by atoms with Crippen molar-refractivity contribution < 1.29 is 32.5 Å². The number of nitrogens with two attached hydrogens (primary N) is 1. The fourth-order valence-electron chi connectivity index (χ4n) is 3.59. The monoisotopic (exact) mass is 492 g/mol. The zero-order valence-corrected chi connectivity index (χ0v) is 20.5. The number of sulfone groups is 1. The molecule has 1 heterocycles. The van der Waals surface area contributed by atoms with Gasteiger partial charge in [-0.1, -0.05) is 19.9 Å². The second kappa shape index (κ2) is 11.1. The Kier molecular flexibility index (Phi) is 8.40. The van der Waals surface area contributed by atoms with Crippen molar-refractivity contribution >= 4 is 21.4 Å². The van der Waals surface area contributed by atoms with Crippen molar-refractivity contribution in [1.82, 2.24) is 0 Å². The standard InChI is InChI=1S/C24H32N2O7S/c1-4-10-32-21-13-23-22(33-14-34(23,29)30)12-16(21)19(27)8-6-15-7-9-20(31-3)18(11-15)26-24(28)17(25)5-2/h7,9,11-13,17,19,27H,4-6,8,10,14,25H2,1-3H3,(H,26,28)/t17-,19?/m0/s1. The topological polar surface area (TPSA) is 137 Å². The highest BCUT2D eigenvalue weighted by molar-refractivity contribution is 7.91. The normalized spacial score (nSPS) is 15.7. The van der Waals surface area contributed by atoms with E-state index in [0.29, 0.717) is 48.6 Å². The number of hydrogen-bond acceptors (Lipinski definition) is 8. The molecule has 2 atom stereocenters. The highest BCUT2D eigenvalue weighted by atomic mass is 32.2. The molecule has 0 fully saturated rings. The van der Waals surface area contributed by atoms with Crippen LogP contribution in [0.25, 0.3) is 0 Å². The third-order valence-electron chi connectivity index (χ3n) is 5.61. The van der Waals surface area contributed by atoms with E-state index >= 15 is 0 Å². The molecule has 1 aliphatic rings. The number of fused-ring (bicyclic) bond motifs is 1. The number of aliphatic hydroxyl groups excluding tert-OH is 1. The van der Waals surface area contributed by atoms with Gasteiger partial charge in [-0.15, -0.1) is 0 Å². The number of nitrogens with one attached hydrogen (secondary N) is 1. The van der Waals surface area contributed by atoms with Crippen LogP contribution in [0.1, 0.15) is 50.3 Å². The summed E-state index contributed by atoms with van der Waals surface area (Å²) < 4.78 is 40.8. The third kappa shape index (κ3) is 5.81. The second-order valence-electron chi connectivity index (χ2n) is 8.16. The zero-order valence-electron chi connectivity index (χ0n) is 19.7. The molecule has 0 spiro atoms. The Morgan fingerprint density at radius 3 is 2.68 bits per heavy atom. The number of benzene rings is 2. The maximum Gasteiger partial charge on any atom is 0.241 e. The van der Waals surface area contributed by atoms with E-state index in [1.165, 1.54) is 13.2 Å². The Morgan fingerprint density at radius 2 is 2.00 bits per heavy atom. The molecule has 0 aromatic heterocycles. The minimum absolute atomic E-state index is 0.0791. The van der Waals surface area contributed by atoms with Crippen LogP contribution in [0.3, 0.4) is 0 Å². The largest absolute Gasteiger partial charge is 0.495 e. The predicted molar refractivity (Wildman–Crippen MR) is 128 cm³/mol. The Balaban J connectivity index is 1.79. The van der Waals surface area contributed by atoms with E-state index in [9.17, 15) is 18.3 Å². The maximum atomic E-state index is 12.2. The third-order valence-corrected chi connectivity index (χ3v) is 7.02. The van der Waals surface area contributed by atoms with Crippen molar-refractivity contribution in [3.8, 4) is 17.2 Å². The van der Waals surface area contributed by atoms with Gasteiger partial charge in [-0.2, -0.15) is 0 Å². The van der Waals surface area contributed by atoms with E-state index in [1.54, 1.807) is 18.2 Å². The molecule has 0 bridgehead atoms. The van der Waals surface area contributed by atoms with Gasteiger partial charge in [-0.25, -0.2) is 8.42 Å². The lowest BCUT2D eigenvalue weighted by molar-refractivity contribution is -0.117. The summed E-state index contributed by atoms with van der Waals surface area (Å²) in [6.07, 6.45) is 1.14. The van der Waals surface area contributed by atoms with Crippen LogP contribution in [0.2, 0.25) is 0 Å². The number of carbonyl (C=O) groups excluding carboxylic acids is 1. The number of ether oxygens (including phenoxy) is 3. The van der Waals surface area contributed by atoms with Gasteiger partial charge >= 0.3 is 0 Å². The lowest BCUT2D eigenvalue weighted by Crippen LogP contribution is -2.34. The molecule has 34 heavy (non-hydrogen) atoms. The molecule has 3 rings (SSSR count). The molecule has 1 unspecified atom stereocenters. The van der Waals surface area contributed by atoms with Crippen LogP contribution in [0.15, 0.2) is 35.2 Å². The van der Waals surface area contributed by atoms with Gasteiger partial charge in [0, 0.05) is 11.6 Å². The summed E-state index contributed by atoms with van der Waals surface area (Å²) in [6.45, 7) is 4.16. The number of hydrogen-bond donors (Lipinski definition) is 3. The molecule has 2 aromatic rings. The Hall–Kier alpha value is -2.82. The summed E-state index contributed by atoms with van der Waals surface area (Å²) in [7, 11) is -2.00. The van der Waals surface area contributed by atoms with Crippen molar-refractivity contribution in [1.29, 1.82) is 0 Å². The number of aliphatic hydroxyl groups is 1. The molecule has 0 saturated heterocycles. The molecule has 0 saturated carbocycles. The van der Waals surface area contributed by atoms with E-state index in [2.05, 4.69) is 5.32 Å². The van der Waals surface area contributed by atoms with Crippen LogP contribution in [-0.2, 0) is 21.1 Å². The average Bonchev–Trinajstić information content (AvgIpc) is 3.13. The lowest BCUT2D eigenvalue weighted by Gasteiger charge is -2.18. The Bertz CT molecular complexity index is 1130. The number of aryl methyl sites for hydroxylation is 1. The van der Waals surface area contributed by atoms with E-state index in [4.69, 9.17) is 19.9 Å². The first-order valence-electron chi connectivity index (χ1n) is 11.3. The summed E-state index contributed by atoms with van der Waals surface area (Å²) in [5, 5.41) is 13.7. The quantitative estimate of drug-likeness (QED) is 0.435. The summed E-state index contributed by atoms with van der Waals surface area (Å²) in [4.78, 5) is 12.3. The van der Waals surface area contributed by atoms with Crippen LogP contribution in [-0.4, -0.2) is 45.1 Å². The highest BCUT2D eigenvalue weighted by Gasteiger charge is 2.31. The minimum atomic E-state index is -3.52. The Labute approximate surface area is 200 Å². The highest BCUT2D eigenvalue weighted by Crippen LogP contribution is 2.40. The number of carbonyl (C=O) groups is 1. The molecule has 10 heteroatoms. The lowest BCUT2D eigenvalue weighted by atomic mass is 9.99. The fourth-order valence-corrected chi connectivity index (χ4v) is 4.71. The zero-order chi connectivity index (χ0) is 24.9. The molecule has 1 amide bonds. The SMILES string of the molecule is CCCOc1cc2c(cc1C(O)CCc1ccc(OC)c(NC(=O)[C@@H](N)CC)c1)OCS2(=O)=O. The van der Waals surface area contributed by atoms with Gasteiger partial charge in [0.15, 0.2) is 5.94 Å². The van der Waals surface area contributed by atoms with Crippen LogP contribution in [0, 0.1) is 0 Å². The Morgan fingerprint density at radius 1 is 1.24 bits per heavy atom. The number of anilines is 1. The van der Waals surface area contributed by atoms with Crippen LogP contribution >= 0.6 is 0 Å². The molecule has 2 aromatic carbocycles. The number of methoxy groups -OCH3 is 1. The van der Waals surface area contributed by atoms with E-state index in [0.717, 1.165) is 12.0 Å². The first-order chi connectivity index (χ1) is 16.2. The summed E-state index contributed by atoms with van der Waals surface area (Å²) in [6, 6.07) is 7.75. The summed E-state index contributed by atoms with van der Waals surface area (Å²) in [5.74, 6) is 0.340. The molecule has 1 aliphatic heterocycles. The van der Waals surface area contributed by atoms with Gasteiger partial charge in [-0.3, -0.25) is 4.79 Å². The minimum Gasteiger partial charge on any atom is -0.495 e. The van der Waals surface area contributed by atoms with Crippen molar-refractivity contribution in [2.24, 2.45) is 5.73 Å². The van der Waals surface area contributed by atoms with Crippen molar-refractivity contribution in [3.05, 3.63) is 41.5 Å². The van der Waals surface area contributed by atoms with Gasteiger partial charge in [0.05, 0.1) is 31.5 Å². The molecule has 0 radical (unpaired) electrons. The molecule has 4 N–H and O–H groups in total. The van der Waals surface area contributed by atoms with Gasteiger partial charge in [0.1, 0.15) is 22.1 Å². The van der Waals surface area contributed by atoms with Gasteiger partial charge < -0.3 is 30.4 Å². The first kappa shape index (κ1) is 25.8. The van der Waals surface area contributed by atoms with Gasteiger partial charge in [0.2, 0.25) is 15.7 Å². The first-order valence-corrected chi connectivity index (χ1v) is 12.9. The van der Waals surface area contributed by atoms with Crippen LogP contribution in [0.4, 0.5) is 5.69 Å². The van der Waals surface area contributed by atoms with E-state index < -0.39 is 27.9 Å². The van der Waals surface area contributed by atoms with Gasteiger partial charge in [0.25, 0.3) is 0 Å². The van der Waals surface area contributed by atoms with Crippen molar-refractivity contribution in [3.63, 3.8) is 0 Å². The van der Waals surface area contributed by atoms with Crippen molar-refractivity contribution in [2.75, 3.05) is 25.0 Å². The second-order valence-corrected chi connectivity index (χ2v) is 10.1.